The number of benzene rings is 1. The Hall–Kier alpha value is -2.15. The molecule has 1 rings (SSSR count). The van der Waals surface area contributed by atoms with Crippen LogP contribution in [-0.4, -0.2) is 36.8 Å². The van der Waals surface area contributed by atoms with Crippen molar-refractivity contribution >= 4 is 12.0 Å². The number of carbonyl (C=O) groups is 2. The fraction of sp³-hybridized carbons (Fsp3) is 0.500. The Morgan fingerprint density at radius 3 is 2.09 bits per heavy atom. The van der Waals surface area contributed by atoms with Crippen LogP contribution in [0.2, 0.25) is 0 Å². The molecule has 7 heteroatoms. The van der Waals surface area contributed by atoms with E-state index in [1.54, 1.807) is 40.0 Å². The average molecular weight is 328 g/mol. The topological polar surface area (TPSA) is 81.9 Å². The van der Waals surface area contributed by atoms with Crippen LogP contribution in [0.4, 0.5) is 9.18 Å². The molecule has 0 radical (unpaired) electrons. The zero-order chi connectivity index (χ0) is 18.0. The van der Waals surface area contributed by atoms with Crippen molar-refractivity contribution in [2.45, 2.75) is 39.2 Å². The van der Waals surface area contributed by atoms with Crippen LogP contribution in [0.5, 0.6) is 0 Å². The monoisotopic (exact) mass is 328 g/mol. The highest BCUT2D eigenvalue weighted by molar-refractivity contribution is 5.75. The zero-order valence-electron chi connectivity index (χ0n) is 14.3. The second-order valence-corrected chi connectivity index (χ2v) is 5.73. The summed E-state index contributed by atoms with van der Waals surface area (Å²) >= 11 is 0. The summed E-state index contributed by atoms with van der Waals surface area (Å²) < 4.78 is 17.1. The summed E-state index contributed by atoms with van der Waals surface area (Å²) in [6.45, 7) is 5.28. The first-order valence-corrected chi connectivity index (χ1v) is 7.08. The third-order valence-electron chi connectivity index (χ3n) is 2.57. The van der Waals surface area contributed by atoms with Crippen molar-refractivity contribution in [1.29, 1.82) is 0 Å². The van der Waals surface area contributed by atoms with Gasteiger partial charge in [0.05, 0.1) is 7.11 Å². The molecule has 0 spiro atoms. The van der Waals surface area contributed by atoms with E-state index in [0.29, 0.717) is 12.8 Å². The number of nitrogens with two attached hydrogens (primary N) is 1. The molecule has 0 aromatic heterocycles. The van der Waals surface area contributed by atoms with Gasteiger partial charge in [-0.05, 0) is 44.9 Å². The summed E-state index contributed by atoms with van der Waals surface area (Å²) in [6, 6.07) is 6.13. The van der Waals surface area contributed by atoms with Gasteiger partial charge in [0.25, 0.3) is 0 Å². The first-order chi connectivity index (χ1) is 10.5. The van der Waals surface area contributed by atoms with E-state index in [1.165, 1.54) is 24.3 Å². The van der Waals surface area contributed by atoms with E-state index < -0.39 is 11.7 Å². The Morgan fingerprint density at radius 2 is 1.74 bits per heavy atom. The molecule has 6 nitrogen and oxygen atoms in total. The number of nitrogens with zero attached hydrogens (tertiary/aromatic N) is 1. The van der Waals surface area contributed by atoms with E-state index in [4.69, 9.17) is 10.6 Å². The summed E-state index contributed by atoms with van der Waals surface area (Å²) in [5.74, 6) is -0.360. The van der Waals surface area contributed by atoms with Crippen LogP contribution >= 0.6 is 0 Å². The van der Waals surface area contributed by atoms with Gasteiger partial charge in [0, 0.05) is 13.5 Å². The molecule has 0 bridgehead atoms. The molecule has 1 aromatic rings. The summed E-state index contributed by atoms with van der Waals surface area (Å²) in [4.78, 5) is 26.1. The van der Waals surface area contributed by atoms with E-state index >= 15 is 0 Å². The first kappa shape index (κ1) is 20.9. The minimum Gasteiger partial charge on any atom is -0.444 e. The molecule has 0 saturated heterocycles. The van der Waals surface area contributed by atoms with Gasteiger partial charge in [-0.15, -0.1) is 0 Å². The molecule has 0 atom stereocenters. The molecule has 0 heterocycles. The molecule has 1 aromatic carbocycles. The lowest BCUT2D eigenvalue weighted by Gasteiger charge is -2.16. The number of hydrogen-bond acceptors (Lipinski definition) is 4. The summed E-state index contributed by atoms with van der Waals surface area (Å²) in [7, 11) is 3.00. The van der Waals surface area contributed by atoms with Gasteiger partial charge in [-0.25, -0.2) is 14.2 Å². The highest BCUT2D eigenvalue weighted by Gasteiger charge is 2.12. The Morgan fingerprint density at radius 1 is 1.22 bits per heavy atom. The predicted molar refractivity (Wildman–Crippen MR) is 84.9 cm³/mol. The summed E-state index contributed by atoms with van der Waals surface area (Å²) in [5.41, 5.74) is 5.20. The molecule has 2 amide bonds. The number of rotatable bonds is 4. The number of aryl methyl sites for hydroxylation is 1. The van der Waals surface area contributed by atoms with E-state index in [0.717, 1.165) is 5.56 Å². The number of halogens is 1. The molecule has 0 aliphatic carbocycles. The van der Waals surface area contributed by atoms with Crippen molar-refractivity contribution in [2.24, 2.45) is 5.73 Å². The lowest BCUT2D eigenvalue weighted by molar-refractivity contribution is -0.168. The van der Waals surface area contributed by atoms with Crippen molar-refractivity contribution in [2.75, 3.05) is 14.2 Å². The standard InChI is InChI=1S/C11H14FNO2.C5H11NO2/c1-13(15-2)11(14)8-5-9-3-6-10(12)7-4-9;1-5(2,3)8-4(6)7/h3-4,6-7H,5,8H2,1-2H3;1-3H3,(H2,6,7). The van der Waals surface area contributed by atoms with Crippen molar-refractivity contribution in [3.05, 3.63) is 35.6 Å². The summed E-state index contributed by atoms with van der Waals surface area (Å²) in [5, 5.41) is 1.18. The van der Waals surface area contributed by atoms with Crippen molar-refractivity contribution < 1.29 is 23.6 Å². The normalized spacial score (nSPS) is 10.3. The van der Waals surface area contributed by atoms with Gasteiger partial charge in [-0.3, -0.25) is 9.63 Å². The molecule has 23 heavy (non-hydrogen) atoms. The number of amides is 2. The quantitative estimate of drug-likeness (QED) is 0.862. The fourth-order valence-electron chi connectivity index (χ4n) is 1.46. The lowest BCUT2D eigenvalue weighted by atomic mass is 10.1. The van der Waals surface area contributed by atoms with Crippen molar-refractivity contribution in [3.63, 3.8) is 0 Å². The lowest BCUT2D eigenvalue weighted by Crippen LogP contribution is -2.27. The largest absolute Gasteiger partial charge is 0.444 e. The van der Waals surface area contributed by atoms with Crippen molar-refractivity contribution in [3.8, 4) is 0 Å². The van der Waals surface area contributed by atoms with Gasteiger partial charge in [-0.1, -0.05) is 12.1 Å². The number of primary amides is 1. The highest BCUT2D eigenvalue weighted by atomic mass is 19.1. The third-order valence-corrected chi connectivity index (χ3v) is 2.57. The van der Waals surface area contributed by atoms with Gasteiger partial charge in [0.15, 0.2) is 0 Å². The Bertz CT molecular complexity index is 498. The van der Waals surface area contributed by atoms with Crippen molar-refractivity contribution in [1.82, 2.24) is 5.06 Å². The highest BCUT2D eigenvalue weighted by Crippen LogP contribution is 2.06. The molecule has 0 aliphatic rings. The molecule has 0 unspecified atom stereocenters. The van der Waals surface area contributed by atoms with Gasteiger partial charge in [0.2, 0.25) is 5.91 Å². The van der Waals surface area contributed by atoms with Crippen LogP contribution in [0.3, 0.4) is 0 Å². The van der Waals surface area contributed by atoms with Gasteiger partial charge >= 0.3 is 6.09 Å². The molecule has 130 valence electrons. The van der Waals surface area contributed by atoms with Crippen LogP contribution in [-0.2, 0) is 20.8 Å². The average Bonchev–Trinajstić information content (AvgIpc) is 2.43. The molecule has 0 fully saturated rings. The minimum absolute atomic E-state index is 0.0955. The van der Waals surface area contributed by atoms with Gasteiger partial charge < -0.3 is 10.5 Å². The second-order valence-electron chi connectivity index (χ2n) is 5.73. The maximum Gasteiger partial charge on any atom is 0.405 e. The van der Waals surface area contributed by atoms with Gasteiger partial charge in [-0.2, -0.15) is 0 Å². The van der Waals surface area contributed by atoms with Crippen LogP contribution < -0.4 is 5.73 Å². The maximum atomic E-state index is 12.6. The maximum absolute atomic E-state index is 12.6. The molecule has 0 saturated carbocycles. The molecular weight excluding hydrogens is 303 g/mol. The van der Waals surface area contributed by atoms with Crippen LogP contribution in [0.1, 0.15) is 32.8 Å². The SMILES string of the molecule is CC(C)(C)OC(N)=O.CON(C)C(=O)CCc1ccc(F)cc1. The Kier molecular flexibility index (Phi) is 8.87. The fourth-order valence-corrected chi connectivity index (χ4v) is 1.46. The van der Waals surface area contributed by atoms with E-state index in [1.807, 2.05) is 0 Å². The van der Waals surface area contributed by atoms with E-state index in [-0.39, 0.29) is 11.7 Å². The minimum atomic E-state index is -0.725. The summed E-state index contributed by atoms with van der Waals surface area (Å²) in [6.07, 6.45) is 0.223. The Labute approximate surface area is 136 Å². The Balaban J connectivity index is 0.000000515. The number of ether oxygens (including phenoxy) is 1. The molecule has 2 N–H and O–H groups in total. The third kappa shape index (κ3) is 11.1. The van der Waals surface area contributed by atoms with Crippen LogP contribution in [0.25, 0.3) is 0 Å². The number of hydroxylamine groups is 2. The molecule has 0 aliphatic heterocycles. The smallest absolute Gasteiger partial charge is 0.405 e. The van der Waals surface area contributed by atoms with E-state index in [2.05, 4.69) is 4.74 Å². The zero-order valence-corrected chi connectivity index (χ0v) is 14.3. The van der Waals surface area contributed by atoms with E-state index in [9.17, 15) is 14.0 Å². The second kappa shape index (κ2) is 9.78. The van der Waals surface area contributed by atoms with Gasteiger partial charge in [0.1, 0.15) is 11.4 Å². The van der Waals surface area contributed by atoms with Crippen LogP contribution in [0, 0.1) is 5.82 Å². The first-order valence-electron chi connectivity index (χ1n) is 7.08. The number of hydrogen-bond donors (Lipinski definition) is 1. The molecular formula is C16H25FN2O4. The number of carbonyl (C=O) groups excluding carboxylic acids is 2. The predicted octanol–water partition coefficient (Wildman–Crippen LogP) is 2.66. The van der Waals surface area contributed by atoms with Crippen LogP contribution in [0.15, 0.2) is 24.3 Å².